The lowest BCUT2D eigenvalue weighted by Gasteiger charge is -2.05. The molecule has 0 aliphatic carbocycles. The first kappa shape index (κ1) is 9.74. The molecule has 0 unspecified atom stereocenters. The van der Waals surface area contributed by atoms with Crippen molar-refractivity contribution in [1.82, 2.24) is 0 Å². The van der Waals surface area contributed by atoms with Crippen LogP contribution in [0.25, 0.3) is 0 Å². The highest BCUT2D eigenvalue weighted by atomic mass is 16.5. The van der Waals surface area contributed by atoms with Crippen LogP contribution in [0, 0.1) is 6.92 Å². The number of hydrogen-bond acceptors (Lipinski definition) is 3. The van der Waals surface area contributed by atoms with E-state index in [0.29, 0.717) is 5.56 Å². The van der Waals surface area contributed by atoms with Crippen molar-refractivity contribution in [3.8, 4) is 5.75 Å². The number of carbonyl (C=O) groups excluding carboxylic acids is 1. The van der Waals surface area contributed by atoms with Gasteiger partial charge in [-0.1, -0.05) is 0 Å². The molecule has 0 saturated carbocycles. The fourth-order valence-corrected chi connectivity index (χ4v) is 1.17. The zero-order valence-corrected chi connectivity index (χ0v) is 7.83. The first-order valence-electron chi connectivity index (χ1n) is 4.07. The van der Waals surface area contributed by atoms with Crippen molar-refractivity contribution in [3.05, 3.63) is 29.3 Å². The van der Waals surface area contributed by atoms with Gasteiger partial charge in [-0.15, -0.1) is 0 Å². The zero-order valence-electron chi connectivity index (χ0n) is 7.83. The van der Waals surface area contributed by atoms with Crippen molar-refractivity contribution in [3.63, 3.8) is 0 Å². The van der Waals surface area contributed by atoms with Gasteiger partial charge in [-0.2, -0.15) is 0 Å². The number of hydrogen-bond donors (Lipinski definition) is 1. The smallest absolute Gasteiger partial charge is 0.176 e. The summed E-state index contributed by atoms with van der Waals surface area (Å²) in [6, 6.07) is 5.28. The number of ether oxygens (including phenoxy) is 1. The van der Waals surface area contributed by atoms with Crippen LogP contribution in [0.1, 0.15) is 15.9 Å². The molecule has 3 heteroatoms. The zero-order chi connectivity index (χ0) is 9.84. The van der Waals surface area contributed by atoms with Gasteiger partial charge in [0.25, 0.3) is 0 Å². The molecule has 0 heterocycles. The van der Waals surface area contributed by atoms with Gasteiger partial charge in [0.2, 0.25) is 0 Å². The second-order valence-corrected chi connectivity index (χ2v) is 2.81. The topological polar surface area (TPSA) is 52.3 Å². The van der Waals surface area contributed by atoms with Crippen LogP contribution in [-0.4, -0.2) is 19.4 Å². The molecule has 0 aliphatic heterocycles. The summed E-state index contributed by atoms with van der Waals surface area (Å²) in [6.45, 7) is 1.94. The lowest BCUT2D eigenvalue weighted by atomic mass is 10.1. The highest BCUT2D eigenvalue weighted by molar-refractivity contribution is 5.97. The average Bonchev–Trinajstić information content (AvgIpc) is 2.16. The quantitative estimate of drug-likeness (QED) is 0.708. The van der Waals surface area contributed by atoms with Crippen LogP contribution in [0.3, 0.4) is 0 Å². The van der Waals surface area contributed by atoms with E-state index in [2.05, 4.69) is 0 Å². The molecule has 0 spiro atoms. The fourth-order valence-electron chi connectivity index (χ4n) is 1.17. The van der Waals surface area contributed by atoms with Gasteiger partial charge < -0.3 is 10.5 Å². The van der Waals surface area contributed by atoms with Crippen LogP contribution in [0.4, 0.5) is 0 Å². The fraction of sp³-hybridized carbons (Fsp3) is 0.300. The van der Waals surface area contributed by atoms with Crippen LogP contribution in [0.15, 0.2) is 18.2 Å². The molecule has 0 aliphatic rings. The second-order valence-electron chi connectivity index (χ2n) is 2.81. The average molecular weight is 179 g/mol. The third kappa shape index (κ3) is 2.06. The first-order chi connectivity index (χ1) is 6.19. The number of aryl methyl sites for hydroxylation is 1. The molecule has 1 aromatic carbocycles. The van der Waals surface area contributed by atoms with Crippen molar-refractivity contribution in [2.24, 2.45) is 5.73 Å². The van der Waals surface area contributed by atoms with Crippen molar-refractivity contribution < 1.29 is 9.53 Å². The molecule has 0 saturated heterocycles. The minimum atomic E-state index is -0.0502. The van der Waals surface area contributed by atoms with E-state index in [-0.39, 0.29) is 12.3 Å². The number of nitrogens with two attached hydrogens (primary N) is 1. The number of carbonyl (C=O) groups is 1. The van der Waals surface area contributed by atoms with E-state index >= 15 is 0 Å². The summed E-state index contributed by atoms with van der Waals surface area (Å²) in [5.41, 5.74) is 6.83. The standard InChI is InChI=1S/C10H13NO2/c1-7-5-8(9(12)6-11)3-4-10(7)13-2/h3-5H,6,11H2,1-2H3. The third-order valence-electron chi connectivity index (χ3n) is 1.90. The minimum Gasteiger partial charge on any atom is -0.496 e. The van der Waals surface area contributed by atoms with Gasteiger partial charge in [-0.05, 0) is 30.7 Å². The number of benzene rings is 1. The number of rotatable bonds is 3. The molecule has 0 amide bonds. The Morgan fingerprint density at radius 1 is 1.54 bits per heavy atom. The van der Waals surface area contributed by atoms with Gasteiger partial charge in [-0.25, -0.2) is 0 Å². The Kier molecular flexibility index (Phi) is 3.03. The maximum atomic E-state index is 11.2. The van der Waals surface area contributed by atoms with Crippen LogP contribution < -0.4 is 10.5 Å². The number of Topliss-reactive ketones (excluding diaryl/α,β-unsaturated/α-hetero) is 1. The van der Waals surface area contributed by atoms with Gasteiger partial charge in [0.15, 0.2) is 5.78 Å². The van der Waals surface area contributed by atoms with E-state index in [1.165, 1.54) is 0 Å². The summed E-state index contributed by atoms with van der Waals surface area (Å²) >= 11 is 0. The third-order valence-corrected chi connectivity index (χ3v) is 1.90. The number of ketones is 1. The Bertz CT molecular complexity index is 321. The Hall–Kier alpha value is -1.35. The Labute approximate surface area is 77.5 Å². The van der Waals surface area contributed by atoms with E-state index in [1.54, 1.807) is 25.3 Å². The van der Waals surface area contributed by atoms with E-state index < -0.39 is 0 Å². The molecule has 1 aromatic rings. The maximum Gasteiger partial charge on any atom is 0.176 e. The highest BCUT2D eigenvalue weighted by Gasteiger charge is 2.05. The molecule has 70 valence electrons. The van der Waals surface area contributed by atoms with E-state index in [9.17, 15) is 4.79 Å². The summed E-state index contributed by atoms with van der Waals surface area (Å²) in [7, 11) is 1.60. The molecule has 3 nitrogen and oxygen atoms in total. The van der Waals surface area contributed by atoms with Crippen molar-refractivity contribution in [1.29, 1.82) is 0 Å². The molecule has 1 rings (SSSR count). The molecule has 0 atom stereocenters. The molecular formula is C10H13NO2. The van der Waals surface area contributed by atoms with Crippen molar-refractivity contribution >= 4 is 5.78 Å². The normalized spacial score (nSPS) is 9.77. The Morgan fingerprint density at radius 2 is 2.23 bits per heavy atom. The molecule has 0 aromatic heterocycles. The van der Waals surface area contributed by atoms with Gasteiger partial charge in [0, 0.05) is 5.56 Å². The van der Waals surface area contributed by atoms with Gasteiger partial charge in [0.1, 0.15) is 5.75 Å². The lowest BCUT2D eigenvalue weighted by Crippen LogP contribution is -2.13. The molecule has 0 bridgehead atoms. The van der Waals surface area contributed by atoms with Crippen LogP contribution in [0.5, 0.6) is 5.75 Å². The first-order valence-corrected chi connectivity index (χ1v) is 4.07. The Balaban J connectivity index is 3.02. The van der Waals surface area contributed by atoms with Gasteiger partial charge >= 0.3 is 0 Å². The maximum absolute atomic E-state index is 11.2. The summed E-state index contributed by atoms with van der Waals surface area (Å²) in [6.07, 6.45) is 0. The summed E-state index contributed by atoms with van der Waals surface area (Å²) in [5.74, 6) is 0.735. The predicted octanol–water partition coefficient (Wildman–Crippen LogP) is 1.15. The Morgan fingerprint density at radius 3 is 2.69 bits per heavy atom. The van der Waals surface area contributed by atoms with Crippen LogP contribution >= 0.6 is 0 Å². The largest absolute Gasteiger partial charge is 0.496 e. The molecule has 0 fully saturated rings. The van der Waals surface area contributed by atoms with Crippen LogP contribution in [-0.2, 0) is 0 Å². The van der Waals surface area contributed by atoms with E-state index in [4.69, 9.17) is 10.5 Å². The molecule has 0 radical (unpaired) electrons. The lowest BCUT2D eigenvalue weighted by molar-refractivity contribution is 0.100. The second kappa shape index (κ2) is 4.05. The molecular weight excluding hydrogens is 166 g/mol. The summed E-state index contributed by atoms with van der Waals surface area (Å²) < 4.78 is 5.07. The summed E-state index contributed by atoms with van der Waals surface area (Å²) in [4.78, 5) is 11.2. The SMILES string of the molecule is COc1ccc(C(=O)CN)cc1C. The monoisotopic (exact) mass is 179 g/mol. The highest BCUT2D eigenvalue weighted by Crippen LogP contribution is 2.18. The van der Waals surface area contributed by atoms with Crippen LogP contribution in [0.2, 0.25) is 0 Å². The molecule has 2 N–H and O–H groups in total. The van der Waals surface area contributed by atoms with E-state index in [0.717, 1.165) is 11.3 Å². The van der Waals surface area contributed by atoms with Gasteiger partial charge in [0.05, 0.1) is 13.7 Å². The van der Waals surface area contributed by atoms with E-state index in [1.807, 2.05) is 6.92 Å². The van der Waals surface area contributed by atoms with Crippen molar-refractivity contribution in [2.75, 3.05) is 13.7 Å². The number of methoxy groups -OCH3 is 1. The minimum absolute atomic E-state index is 0.0474. The van der Waals surface area contributed by atoms with Crippen molar-refractivity contribution in [2.45, 2.75) is 6.92 Å². The summed E-state index contributed by atoms with van der Waals surface area (Å²) in [5, 5.41) is 0. The van der Waals surface area contributed by atoms with Gasteiger partial charge in [-0.3, -0.25) is 4.79 Å². The molecule has 13 heavy (non-hydrogen) atoms. The predicted molar refractivity (Wildman–Crippen MR) is 51.1 cm³/mol.